The first-order chi connectivity index (χ1) is 49.4. The molecular formula is C83H162O17P2. The van der Waals surface area contributed by atoms with E-state index in [9.17, 15) is 43.2 Å². The van der Waals surface area contributed by atoms with Crippen molar-refractivity contribution in [2.45, 2.75) is 458 Å². The molecule has 0 aliphatic rings. The molecule has 0 aromatic rings. The number of carbonyl (C=O) groups excluding carboxylic acids is 4. The topological polar surface area (TPSA) is 237 Å². The van der Waals surface area contributed by atoms with Crippen LogP contribution >= 0.6 is 15.6 Å². The van der Waals surface area contributed by atoms with Crippen LogP contribution in [0.3, 0.4) is 0 Å². The summed E-state index contributed by atoms with van der Waals surface area (Å²) in [5.41, 5.74) is 0. The molecule has 0 bridgehead atoms. The molecule has 102 heavy (non-hydrogen) atoms. The van der Waals surface area contributed by atoms with Crippen LogP contribution in [0.1, 0.15) is 440 Å². The van der Waals surface area contributed by atoms with E-state index in [4.69, 9.17) is 37.0 Å². The second-order valence-electron chi connectivity index (χ2n) is 30.6. The van der Waals surface area contributed by atoms with Crippen LogP contribution < -0.4 is 0 Å². The summed E-state index contributed by atoms with van der Waals surface area (Å²) in [7, 11) is -9.92. The van der Waals surface area contributed by atoms with Crippen LogP contribution in [-0.2, 0) is 65.4 Å². The van der Waals surface area contributed by atoms with E-state index in [1.165, 1.54) is 257 Å². The average Bonchev–Trinajstić information content (AvgIpc) is 0.940. The van der Waals surface area contributed by atoms with Gasteiger partial charge in [-0.2, -0.15) is 0 Å². The van der Waals surface area contributed by atoms with Crippen molar-refractivity contribution in [1.82, 2.24) is 0 Å². The minimum atomic E-state index is -4.96. The second-order valence-corrected chi connectivity index (χ2v) is 33.5. The zero-order chi connectivity index (χ0) is 74.9. The Kier molecular flexibility index (Phi) is 73.1. The number of ether oxygens (including phenoxy) is 4. The SMILES string of the molecule is CCCCCCCCCCCCCCCCCC(=O)OC[C@H](COP(=O)(O)OC[C@@H](O)COP(=O)(O)OC[C@@H](COC(=O)CCCCCCCCCCC(C)C)OC(=O)CCCCCCCCCCCCCCCC)OC(=O)CCCCCCCCCCCCCCCCCCCCC(C)CC. The number of aliphatic hydroxyl groups excluding tert-OH is 1. The van der Waals surface area contributed by atoms with E-state index in [0.717, 1.165) is 102 Å². The van der Waals surface area contributed by atoms with Gasteiger partial charge in [-0.25, -0.2) is 9.13 Å². The van der Waals surface area contributed by atoms with E-state index in [0.29, 0.717) is 25.7 Å². The van der Waals surface area contributed by atoms with Crippen molar-refractivity contribution >= 4 is 39.5 Å². The van der Waals surface area contributed by atoms with Gasteiger partial charge < -0.3 is 33.8 Å². The quantitative estimate of drug-likeness (QED) is 0.0222. The fraction of sp³-hybridized carbons (Fsp3) is 0.952. The van der Waals surface area contributed by atoms with Gasteiger partial charge in [-0.05, 0) is 37.5 Å². The standard InChI is InChI=1S/C83H162O17P2/c1-7-10-12-14-16-18-20-22-28-33-36-40-47-53-59-65-80(85)93-71-78(99-83(88)68-62-56-50-42-38-34-30-27-25-24-26-29-31-35-39-46-52-58-64-76(6)9-3)73-97-101(89,90)95-69-77(84)70-96-102(91,92)98-74-79(72-94-81(86)66-60-54-48-44-43-45-51-57-63-75(4)5)100-82(87)67-61-55-49-41-37-32-23-21-19-17-15-13-11-8-2/h75-79,84H,7-74H2,1-6H3,(H,89,90)(H,91,92)/t76?,77-,78-,79-/m1/s1. The lowest BCUT2D eigenvalue weighted by Gasteiger charge is -2.21. The van der Waals surface area contributed by atoms with Gasteiger partial charge in [-0.1, -0.05) is 388 Å². The van der Waals surface area contributed by atoms with Crippen molar-refractivity contribution in [3.8, 4) is 0 Å². The molecule has 0 radical (unpaired) electrons. The molecule has 3 unspecified atom stereocenters. The number of carbonyl (C=O) groups is 4. The zero-order valence-electron chi connectivity index (χ0n) is 66.9. The van der Waals surface area contributed by atoms with Gasteiger partial charge in [-0.3, -0.25) is 37.3 Å². The highest BCUT2D eigenvalue weighted by atomic mass is 31.2. The van der Waals surface area contributed by atoms with E-state index in [1.54, 1.807) is 0 Å². The fourth-order valence-corrected chi connectivity index (χ4v) is 14.4. The highest BCUT2D eigenvalue weighted by molar-refractivity contribution is 7.47. The van der Waals surface area contributed by atoms with Crippen LogP contribution in [-0.4, -0.2) is 96.7 Å². The molecule has 0 aromatic carbocycles. The van der Waals surface area contributed by atoms with Crippen LogP contribution in [0.2, 0.25) is 0 Å². The summed E-state index contributed by atoms with van der Waals surface area (Å²) in [5, 5.41) is 10.7. The Balaban J connectivity index is 5.22. The van der Waals surface area contributed by atoms with Crippen molar-refractivity contribution in [2.24, 2.45) is 11.8 Å². The summed E-state index contributed by atoms with van der Waals surface area (Å²) in [5.74, 6) is -0.507. The summed E-state index contributed by atoms with van der Waals surface area (Å²) in [6.45, 7) is 9.69. The lowest BCUT2D eigenvalue weighted by molar-refractivity contribution is -0.161. The van der Waals surface area contributed by atoms with Gasteiger partial charge >= 0.3 is 39.5 Å². The highest BCUT2D eigenvalue weighted by Crippen LogP contribution is 2.45. The molecule has 3 N–H and O–H groups in total. The zero-order valence-corrected chi connectivity index (χ0v) is 68.7. The maximum Gasteiger partial charge on any atom is 0.472 e. The Bertz CT molecular complexity index is 1960. The average molecular weight is 1490 g/mol. The minimum absolute atomic E-state index is 0.108. The number of esters is 4. The Hall–Kier alpha value is -1.94. The lowest BCUT2D eigenvalue weighted by atomic mass is 9.99. The van der Waals surface area contributed by atoms with Crippen molar-refractivity contribution in [3.63, 3.8) is 0 Å². The first-order valence-electron chi connectivity index (χ1n) is 43.0. The number of phosphoric acid groups is 2. The van der Waals surface area contributed by atoms with Gasteiger partial charge in [0, 0.05) is 25.7 Å². The van der Waals surface area contributed by atoms with E-state index < -0.39 is 97.5 Å². The molecule has 0 saturated heterocycles. The summed E-state index contributed by atoms with van der Waals surface area (Å²) in [6.07, 6.45) is 65.2. The Labute approximate surface area is 626 Å². The van der Waals surface area contributed by atoms with Gasteiger partial charge in [0.05, 0.1) is 26.4 Å². The monoisotopic (exact) mass is 1490 g/mol. The van der Waals surface area contributed by atoms with Gasteiger partial charge in [0.25, 0.3) is 0 Å². The molecule has 6 atom stereocenters. The molecule has 0 fully saturated rings. The van der Waals surface area contributed by atoms with Gasteiger partial charge in [0.2, 0.25) is 0 Å². The number of aliphatic hydroxyl groups is 1. The van der Waals surface area contributed by atoms with Crippen molar-refractivity contribution < 1.29 is 80.2 Å². The predicted molar refractivity (Wildman–Crippen MR) is 418 cm³/mol. The third-order valence-electron chi connectivity index (χ3n) is 19.8. The largest absolute Gasteiger partial charge is 0.472 e. The van der Waals surface area contributed by atoms with Crippen LogP contribution in [0.5, 0.6) is 0 Å². The summed E-state index contributed by atoms with van der Waals surface area (Å²) < 4.78 is 68.8. The van der Waals surface area contributed by atoms with Crippen molar-refractivity contribution in [2.75, 3.05) is 39.6 Å². The number of unbranched alkanes of at least 4 members (excludes halogenated alkanes) is 51. The molecule has 0 aliphatic carbocycles. The number of phosphoric ester groups is 2. The first kappa shape index (κ1) is 100. The summed E-state index contributed by atoms with van der Waals surface area (Å²) in [6, 6.07) is 0. The number of rotatable bonds is 82. The van der Waals surface area contributed by atoms with Crippen molar-refractivity contribution in [1.29, 1.82) is 0 Å². The molecular weight excluding hydrogens is 1330 g/mol. The molecule has 0 rings (SSSR count). The molecule has 0 spiro atoms. The minimum Gasteiger partial charge on any atom is -0.462 e. The van der Waals surface area contributed by atoms with E-state index in [-0.39, 0.29) is 25.7 Å². The van der Waals surface area contributed by atoms with Gasteiger partial charge in [-0.15, -0.1) is 0 Å². The van der Waals surface area contributed by atoms with E-state index in [2.05, 4.69) is 41.5 Å². The van der Waals surface area contributed by atoms with Gasteiger partial charge in [0.15, 0.2) is 12.2 Å². The normalized spacial score (nSPS) is 14.1. The number of hydrogen-bond donors (Lipinski definition) is 3. The Morgan fingerprint density at radius 2 is 0.500 bits per heavy atom. The summed E-state index contributed by atoms with van der Waals surface area (Å²) in [4.78, 5) is 73.1. The Morgan fingerprint density at radius 3 is 0.745 bits per heavy atom. The third-order valence-corrected chi connectivity index (χ3v) is 21.7. The van der Waals surface area contributed by atoms with Gasteiger partial charge in [0.1, 0.15) is 19.3 Å². The highest BCUT2D eigenvalue weighted by Gasteiger charge is 2.30. The molecule has 0 saturated carbocycles. The number of hydrogen-bond acceptors (Lipinski definition) is 15. The second kappa shape index (κ2) is 74.5. The Morgan fingerprint density at radius 1 is 0.284 bits per heavy atom. The first-order valence-corrected chi connectivity index (χ1v) is 46.0. The maximum absolute atomic E-state index is 13.1. The lowest BCUT2D eigenvalue weighted by Crippen LogP contribution is -2.30. The fourth-order valence-electron chi connectivity index (χ4n) is 12.9. The molecule has 19 heteroatoms. The molecule has 606 valence electrons. The predicted octanol–water partition coefficient (Wildman–Crippen LogP) is 25.1. The van der Waals surface area contributed by atoms with Crippen LogP contribution in [0.25, 0.3) is 0 Å². The molecule has 0 amide bonds. The molecule has 0 aromatic heterocycles. The van der Waals surface area contributed by atoms with Crippen LogP contribution in [0.4, 0.5) is 0 Å². The summed E-state index contributed by atoms with van der Waals surface area (Å²) >= 11 is 0. The van der Waals surface area contributed by atoms with E-state index in [1.807, 2.05) is 0 Å². The molecule has 17 nitrogen and oxygen atoms in total. The van der Waals surface area contributed by atoms with Crippen molar-refractivity contribution in [3.05, 3.63) is 0 Å². The maximum atomic E-state index is 13.1. The molecule has 0 aliphatic heterocycles. The molecule has 0 heterocycles. The van der Waals surface area contributed by atoms with Crippen LogP contribution in [0.15, 0.2) is 0 Å². The smallest absolute Gasteiger partial charge is 0.462 e. The third kappa shape index (κ3) is 74.9. The van der Waals surface area contributed by atoms with Crippen LogP contribution in [0, 0.1) is 11.8 Å². The van der Waals surface area contributed by atoms with E-state index >= 15 is 0 Å².